The molecule has 1 atom stereocenters. The summed E-state index contributed by atoms with van der Waals surface area (Å²) in [4.78, 5) is 2.53. The summed E-state index contributed by atoms with van der Waals surface area (Å²) in [6.07, 6.45) is 1.58. The molecule has 0 unspecified atom stereocenters. The Kier molecular flexibility index (Phi) is 10.9. The van der Waals surface area contributed by atoms with Crippen molar-refractivity contribution in [3.05, 3.63) is 0 Å². The molecule has 0 aliphatic carbocycles. The summed E-state index contributed by atoms with van der Waals surface area (Å²) < 4.78 is 5.75. The number of nitrogens with zero attached hydrogens (tertiary/aromatic N) is 1. The van der Waals surface area contributed by atoms with Gasteiger partial charge < -0.3 is 10.1 Å². The lowest BCUT2D eigenvalue weighted by molar-refractivity contribution is -0.0346. The van der Waals surface area contributed by atoms with Gasteiger partial charge >= 0.3 is 0 Å². The fourth-order valence-corrected chi connectivity index (χ4v) is 2.08. The molecular weight excluding hydrogens is 212 g/mol. The number of ether oxygens (including phenoxy) is 1. The summed E-state index contributed by atoms with van der Waals surface area (Å²) in [6.45, 7) is 17.2. The van der Waals surface area contributed by atoms with Gasteiger partial charge in [-0.15, -0.1) is 0 Å². The molecule has 0 bridgehead atoms. The fraction of sp³-hybridized carbons (Fsp3) is 1.00. The van der Waals surface area contributed by atoms with Crippen molar-refractivity contribution in [1.82, 2.24) is 10.2 Å². The first kappa shape index (κ1) is 16.9. The molecular formula is C14H34N2O. The first-order chi connectivity index (χ1) is 8.22. The van der Waals surface area contributed by atoms with Crippen LogP contribution in [0.2, 0.25) is 0 Å². The summed E-state index contributed by atoms with van der Waals surface area (Å²) in [6, 6.07) is 0. The van der Waals surface area contributed by atoms with E-state index in [2.05, 4.69) is 31.0 Å². The quantitative estimate of drug-likeness (QED) is 0.729. The van der Waals surface area contributed by atoms with Gasteiger partial charge in [0.25, 0.3) is 0 Å². The Morgan fingerprint density at radius 3 is 2.71 bits per heavy atom. The monoisotopic (exact) mass is 246 g/mol. The van der Waals surface area contributed by atoms with E-state index in [0.717, 1.165) is 45.1 Å². The molecule has 1 aliphatic rings. The van der Waals surface area contributed by atoms with Crippen LogP contribution in [0, 0.1) is 5.92 Å². The second-order valence-corrected chi connectivity index (χ2v) is 4.79. The number of hydrogen-bond acceptors (Lipinski definition) is 3. The van der Waals surface area contributed by atoms with E-state index < -0.39 is 0 Å². The van der Waals surface area contributed by atoms with Gasteiger partial charge in [0.15, 0.2) is 0 Å². The maximum absolute atomic E-state index is 5.75. The van der Waals surface area contributed by atoms with Crippen molar-refractivity contribution < 1.29 is 6.16 Å². The molecule has 1 fully saturated rings. The van der Waals surface area contributed by atoms with Gasteiger partial charge in [-0.2, -0.15) is 0 Å². The van der Waals surface area contributed by atoms with Crippen LogP contribution in [-0.2, 0) is 4.74 Å². The van der Waals surface area contributed by atoms with E-state index >= 15 is 0 Å². The van der Waals surface area contributed by atoms with E-state index in [4.69, 9.17) is 4.74 Å². The van der Waals surface area contributed by atoms with Crippen LogP contribution in [-0.4, -0.2) is 50.3 Å². The molecule has 1 rings (SSSR count). The van der Waals surface area contributed by atoms with Gasteiger partial charge in [0.1, 0.15) is 0 Å². The second kappa shape index (κ2) is 11.0. The topological polar surface area (TPSA) is 24.5 Å². The molecule has 1 aliphatic heterocycles. The first-order valence-electron chi connectivity index (χ1n) is 7.27. The van der Waals surface area contributed by atoms with Crippen molar-refractivity contribution in [2.24, 2.45) is 5.92 Å². The van der Waals surface area contributed by atoms with Crippen molar-refractivity contribution in [1.29, 1.82) is 0 Å². The van der Waals surface area contributed by atoms with Gasteiger partial charge in [-0.25, -0.2) is 0 Å². The van der Waals surface area contributed by atoms with Gasteiger partial charge in [0.2, 0.25) is 0 Å². The average Bonchev–Trinajstić information content (AvgIpc) is 2.32. The molecule has 106 valence electrons. The van der Waals surface area contributed by atoms with E-state index in [1.54, 1.807) is 0 Å². The van der Waals surface area contributed by atoms with E-state index in [-0.39, 0.29) is 1.43 Å². The molecule has 3 heteroatoms. The minimum atomic E-state index is 0. The molecule has 0 aromatic carbocycles. The number of morpholine rings is 1. The third kappa shape index (κ3) is 8.58. The van der Waals surface area contributed by atoms with E-state index in [1.807, 2.05) is 13.8 Å². The fourth-order valence-electron chi connectivity index (χ4n) is 2.08. The van der Waals surface area contributed by atoms with Gasteiger partial charge in [-0.05, 0) is 25.4 Å². The third-order valence-corrected chi connectivity index (χ3v) is 2.74. The predicted octanol–water partition coefficient (Wildman–Crippen LogP) is 2.62. The summed E-state index contributed by atoms with van der Waals surface area (Å²) in [5, 5.41) is 3.35. The van der Waals surface area contributed by atoms with Crippen LogP contribution in [0.3, 0.4) is 0 Å². The van der Waals surface area contributed by atoms with Crippen LogP contribution in [0.4, 0.5) is 0 Å². The lowest BCUT2D eigenvalue weighted by atomic mass is 10.1. The van der Waals surface area contributed by atoms with Crippen LogP contribution < -0.4 is 5.32 Å². The van der Waals surface area contributed by atoms with Gasteiger partial charge in [-0.3, -0.25) is 4.90 Å². The normalized spacial score (nSPS) is 21.2. The van der Waals surface area contributed by atoms with Crippen LogP contribution in [0.1, 0.15) is 42.5 Å². The number of rotatable bonds is 6. The highest BCUT2D eigenvalue weighted by molar-refractivity contribution is 4.72. The largest absolute Gasteiger partial charge is 0.376 e. The first-order valence-corrected chi connectivity index (χ1v) is 7.27. The van der Waals surface area contributed by atoms with Gasteiger partial charge in [0, 0.05) is 21.1 Å². The number of hydrogen-bond donors (Lipinski definition) is 1. The molecule has 0 aromatic heterocycles. The molecule has 1 N–H and O–H groups in total. The molecule has 0 amide bonds. The van der Waals surface area contributed by atoms with Crippen LogP contribution >= 0.6 is 0 Å². The summed E-state index contributed by atoms with van der Waals surface area (Å²) >= 11 is 0. The van der Waals surface area contributed by atoms with Crippen LogP contribution in [0.15, 0.2) is 0 Å². The average molecular weight is 246 g/mol. The van der Waals surface area contributed by atoms with Crippen molar-refractivity contribution in [2.75, 3.05) is 39.3 Å². The standard InChI is InChI=1S/C12H26N2O.C2H6.H2/c1-4-13-6-5-12-10-14(7-8-15-12)9-11(2)3;1-2;/h11-13H,4-10H2,1-3H3;1-2H3;1H/t12-;;/m1../s1. The molecule has 0 spiro atoms. The zero-order chi connectivity index (χ0) is 13.1. The smallest absolute Gasteiger partial charge is 0.0714 e. The maximum Gasteiger partial charge on any atom is 0.0714 e. The molecule has 0 saturated carbocycles. The minimum absolute atomic E-state index is 0. The summed E-state index contributed by atoms with van der Waals surface area (Å²) in [5.74, 6) is 0.762. The third-order valence-electron chi connectivity index (χ3n) is 2.74. The molecule has 1 heterocycles. The highest BCUT2D eigenvalue weighted by Gasteiger charge is 2.20. The summed E-state index contributed by atoms with van der Waals surface area (Å²) in [5.41, 5.74) is 0. The lowest BCUT2D eigenvalue weighted by Crippen LogP contribution is -2.44. The molecule has 0 aromatic rings. The molecule has 1 saturated heterocycles. The minimum Gasteiger partial charge on any atom is -0.376 e. The van der Waals surface area contributed by atoms with Crippen molar-refractivity contribution in [3.63, 3.8) is 0 Å². The molecule has 3 nitrogen and oxygen atoms in total. The molecule has 17 heavy (non-hydrogen) atoms. The molecule has 0 radical (unpaired) electrons. The van der Waals surface area contributed by atoms with Crippen molar-refractivity contribution >= 4 is 0 Å². The van der Waals surface area contributed by atoms with Crippen LogP contribution in [0.25, 0.3) is 0 Å². The Balaban J connectivity index is 0. The SMILES string of the molecule is CC.CCNCC[C@@H]1CN(CC(C)C)CCO1.[HH]. The lowest BCUT2D eigenvalue weighted by Gasteiger charge is -2.34. The van der Waals surface area contributed by atoms with Crippen molar-refractivity contribution in [3.8, 4) is 0 Å². The Morgan fingerprint density at radius 1 is 1.41 bits per heavy atom. The predicted molar refractivity (Wildman–Crippen MR) is 77.6 cm³/mol. The second-order valence-electron chi connectivity index (χ2n) is 4.79. The van der Waals surface area contributed by atoms with Crippen LogP contribution in [0.5, 0.6) is 0 Å². The Bertz CT molecular complexity index is 168. The number of nitrogens with one attached hydrogen (secondary N) is 1. The zero-order valence-electron chi connectivity index (χ0n) is 12.5. The highest BCUT2D eigenvalue weighted by Crippen LogP contribution is 2.10. The Hall–Kier alpha value is -0.120. The van der Waals surface area contributed by atoms with Gasteiger partial charge in [-0.1, -0.05) is 34.6 Å². The summed E-state index contributed by atoms with van der Waals surface area (Å²) in [7, 11) is 0. The Labute approximate surface area is 109 Å². The van der Waals surface area contributed by atoms with Gasteiger partial charge in [0.05, 0.1) is 12.7 Å². The van der Waals surface area contributed by atoms with E-state index in [9.17, 15) is 0 Å². The zero-order valence-corrected chi connectivity index (χ0v) is 12.5. The maximum atomic E-state index is 5.75. The Morgan fingerprint density at radius 2 is 2.12 bits per heavy atom. The van der Waals surface area contributed by atoms with Crippen molar-refractivity contribution in [2.45, 2.75) is 47.1 Å². The highest BCUT2D eigenvalue weighted by atomic mass is 16.5. The van der Waals surface area contributed by atoms with E-state index in [0.29, 0.717) is 6.10 Å². The van der Waals surface area contributed by atoms with E-state index in [1.165, 1.54) is 6.54 Å².